The summed E-state index contributed by atoms with van der Waals surface area (Å²) < 4.78 is 46.4. The van der Waals surface area contributed by atoms with Gasteiger partial charge in [-0.2, -0.15) is 13.2 Å². The third-order valence-electron chi connectivity index (χ3n) is 5.69. The van der Waals surface area contributed by atoms with E-state index in [-0.39, 0.29) is 5.69 Å². The van der Waals surface area contributed by atoms with E-state index < -0.39 is 28.8 Å². The predicted octanol–water partition coefficient (Wildman–Crippen LogP) is 7.70. The van der Waals surface area contributed by atoms with Crippen molar-refractivity contribution in [3.05, 3.63) is 71.0 Å². The van der Waals surface area contributed by atoms with Gasteiger partial charge in [-0.3, -0.25) is 0 Å². The molecule has 1 heterocycles. The minimum Gasteiger partial charge on any atom is -0.464 e. The van der Waals surface area contributed by atoms with Crippen LogP contribution in [0.15, 0.2) is 54.7 Å². The van der Waals surface area contributed by atoms with Gasteiger partial charge in [0.1, 0.15) is 5.69 Å². The first-order valence-corrected chi connectivity index (χ1v) is 12.8. The first kappa shape index (κ1) is 29.9. The summed E-state index contributed by atoms with van der Waals surface area (Å²) in [6.07, 6.45) is -2.98. The molecule has 0 aliphatic carbocycles. The highest BCUT2D eigenvalue weighted by atomic mass is 35.5. The summed E-state index contributed by atoms with van der Waals surface area (Å²) in [5.74, 6) is 0.103. The molecule has 0 saturated heterocycles. The van der Waals surface area contributed by atoms with E-state index in [1.165, 1.54) is 13.2 Å². The third-order valence-corrected chi connectivity index (χ3v) is 6.02. The maximum Gasteiger partial charge on any atom is 0.417 e. The van der Waals surface area contributed by atoms with Gasteiger partial charge in [0.15, 0.2) is 0 Å². The van der Waals surface area contributed by atoms with Crippen LogP contribution in [0, 0.1) is 11.8 Å². The largest absolute Gasteiger partial charge is 0.464 e. The molecule has 3 rings (SSSR count). The number of nitrogens with zero attached hydrogens (tertiary/aromatic N) is 2. The summed E-state index contributed by atoms with van der Waals surface area (Å²) >= 11 is 5.71. The molecule has 0 bridgehead atoms. The fourth-order valence-electron chi connectivity index (χ4n) is 4.18. The lowest BCUT2D eigenvalue weighted by molar-refractivity contribution is -0.137. The van der Waals surface area contributed by atoms with Gasteiger partial charge >= 0.3 is 18.2 Å². The standard InChI is InChI=1S/C28H32ClF3N4O3/c1-17(2)15-35(16-18(3)4)24-11-9-20(36-12-6-7-25(36)26(37)39-5)14-23(24)34-27(38)33-19-8-10-22(29)21(13-19)28(30,31)32/h6-14,17-18H,15-16H2,1-5H3,(H2,33,34,38). The number of amides is 2. The number of carbonyl (C=O) groups is 2. The van der Waals surface area contributed by atoms with Gasteiger partial charge in [0.2, 0.25) is 0 Å². The molecule has 2 amide bonds. The minimum absolute atomic E-state index is 0.0680. The molecule has 0 saturated carbocycles. The molecule has 0 atom stereocenters. The summed E-state index contributed by atoms with van der Waals surface area (Å²) in [6, 6.07) is 11.1. The molecular weight excluding hydrogens is 533 g/mol. The zero-order valence-corrected chi connectivity index (χ0v) is 23.2. The fraction of sp³-hybridized carbons (Fsp3) is 0.357. The Balaban J connectivity index is 2.02. The van der Waals surface area contributed by atoms with Crippen LogP contribution in [0.4, 0.5) is 35.0 Å². The van der Waals surface area contributed by atoms with Gasteiger partial charge in [-0.1, -0.05) is 39.3 Å². The summed E-state index contributed by atoms with van der Waals surface area (Å²) in [6.45, 7) is 9.75. The number of urea groups is 1. The quantitative estimate of drug-likeness (QED) is 0.261. The second-order valence-electron chi connectivity index (χ2n) is 9.92. The molecule has 0 aliphatic heterocycles. The van der Waals surface area contributed by atoms with Crippen LogP contribution >= 0.6 is 11.6 Å². The SMILES string of the molecule is COC(=O)c1cccn1-c1ccc(N(CC(C)C)CC(C)C)c(NC(=O)Nc2ccc(Cl)c(C(F)(F)F)c2)c1. The molecule has 2 N–H and O–H groups in total. The third kappa shape index (κ3) is 7.69. The number of hydrogen-bond donors (Lipinski definition) is 2. The predicted molar refractivity (Wildman–Crippen MR) is 148 cm³/mol. The van der Waals surface area contributed by atoms with Crippen LogP contribution in [-0.2, 0) is 10.9 Å². The highest BCUT2D eigenvalue weighted by Gasteiger charge is 2.33. The Morgan fingerprint density at radius 3 is 2.26 bits per heavy atom. The number of nitrogens with one attached hydrogen (secondary N) is 2. The van der Waals surface area contributed by atoms with Crippen molar-refractivity contribution in [2.45, 2.75) is 33.9 Å². The Morgan fingerprint density at radius 2 is 1.67 bits per heavy atom. The van der Waals surface area contributed by atoms with Crippen LogP contribution in [0.5, 0.6) is 0 Å². The number of anilines is 3. The summed E-state index contributed by atoms with van der Waals surface area (Å²) in [4.78, 5) is 27.4. The van der Waals surface area contributed by atoms with Crippen LogP contribution in [-0.4, -0.2) is 36.8 Å². The van der Waals surface area contributed by atoms with Crippen LogP contribution in [0.3, 0.4) is 0 Å². The van der Waals surface area contributed by atoms with Crippen molar-refractivity contribution < 1.29 is 27.5 Å². The topological polar surface area (TPSA) is 75.6 Å². The Bertz CT molecular complexity index is 1310. The molecule has 1 aromatic heterocycles. The molecule has 0 unspecified atom stereocenters. The van der Waals surface area contributed by atoms with Crippen molar-refractivity contribution in [1.29, 1.82) is 0 Å². The molecular formula is C28H32ClF3N4O3. The molecule has 11 heteroatoms. The lowest BCUT2D eigenvalue weighted by Crippen LogP contribution is -2.32. The first-order chi connectivity index (χ1) is 18.3. The highest BCUT2D eigenvalue weighted by Crippen LogP contribution is 2.36. The number of aromatic nitrogens is 1. The average molecular weight is 565 g/mol. The van der Waals surface area contributed by atoms with E-state index in [4.69, 9.17) is 16.3 Å². The number of hydrogen-bond acceptors (Lipinski definition) is 4. The average Bonchev–Trinajstić information content (AvgIpc) is 3.33. The molecule has 210 valence electrons. The molecule has 39 heavy (non-hydrogen) atoms. The van der Waals surface area contributed by atoms with Gasteiger partial charge in [0.05, 0.1) is 29.1 Å². The van der Waals surface area contributed by atoms with Crippen LogP contribution in [0.2, 0.25) is 5.02 Å². The summed E-state index contributed by atoms with van der Waals surface area (Å²) in [5, 5.41) is 4.79. The van der Waals surface area contributed by atoms with Crippen molar-refractivity contribution in [3.8, 4) is 5.69 Å². The van der Waals surface area contributed by atoms with E-state index >= 15 is 0 Å². The van der Waals surface area contributed by atoms with E-state index in [2.05, 4.69) is 43.2 Å². The Morgan fingerprint density at radius 1 is 1.00 bits per heavy atom. The van der Waals surface area contributed by atoms with Crippen molar-refractivity contribution in [3.63, 3.8) is 0 Å². The normalized spacial score (nSPS) is 11.6. The molecule has 0 fully saturated rings. The van der Waals surface area contributed by atoms with Gasteiger partial charge in [-0.25, -0.2) is 9.59 Å². The molecule has 0 radical (unpaired) electrons. The van der Waals surface area contributed by atoms with Crippen molar-refractivity contribution >= 4 is 40.7 Å². The van der Waals surface area contributed by atoms with E-state index in [0.717, 1.165) is 17.8 Å². The van der Waals surface area contributed by atoms with E-state index in [1.807, 2.05) is 12.1 Å². The van der Waals surface area contributed by atoms with Gasteiger partial charge in [-0.05, 0) is 60.4 Å². The first-order valence-electron chi connectivity index (χ1n) is 12.4. The molecule has 2 aromatic carbocycles. The number of carbonyl (C=O) groups excluding carboxylic acids is 2. The summed E-state index contributed by atoms with van der Waals surface area (Å²) in [5.41, 5.74) is 0.909. The van der Waals surface area contributed by atoms with Crippen LogP contribution in [0.25, 0.3) is 5.69 Å². The lowest BCUT2D eigenvalue weighted by Gasteiger charge is -2.31. The minimum atomic E-state index is -4.67. The summed E-state index contributed by atoms with van der Waals surface area (Å²) in [7, 11) is 1.29. The van der Waals surface area contributed by atoms with Crippen molar-refractivity contribution in [2.75, 3.05) is 35.7 Å². The smallest absolute Gasteiger partial charge is 0.417 e. The Labute approximate surface area is 230 Å². The van der Waals surface area contributed by atoms with Gasteiger partial charge in [0, 0.05) is 30.7 Å². The number of esters is 1. The molecule has 7 nitrogen and oxygen atoms in total. The van der Waals surface area contributed by atoms with Gasteiger partial charge in [-0.15, -0.1) is 0 Å². The van der Waals surface area contributed by atoms with Gasteiger partial charge < -0.3 is 24.8 Å². The number of ether oxygens (including phenoxy) is 1. The zero-order chi connectivity index (χ0) is 28.9. The fourth-order valence-corrected chi connectivity index (χ4v) is 4.41. The Kier molecular flexibility index (Phi) is 9.55. The monoisotopic (exact) mass is 564 g/mol. The lowest BCUT2D eigenvalue weighted by atomic mass is 10.1. The second kappa shape index (κ2) is 12.5. The molecule has 3 aromatic rings. The van der Waals surface area contributed by atoms with E-state index in [1.54, 1.807) is 29.0 Å². The number of methoxy groups -OCH3 is 1. The van der Waals surface area contributed by atoms with E-state index in [0.29, 0.717) is 42.0 Å². The van der Waals surface area contributed by atoms with Crippen LogP contribution in [0.1, 0.15) is 43.7 Å². The maximum absolute atomic E-state index is 13.3. The highest BCUT2D eigenvalue weighted by molar-refractivity contribution is 6.31. The van der Waals surface area contributed by atoms with Crippen molar-refractivity contribution in [2.24, 2.45) is 11.8 Å². The van der Waals surface area contributed by atoms with Crippen LogP contribution < -0.4 is 15.5 Å². The number of alkyl halides is 3. The second-order valence-corrected chi connectivity index (χ2v) is 10.3. The van der Waals surface area contributed by atoms with Crippen molar-refractivity contribution in [1.82, 2.24) is 4.57 Å². The molecule has 0 spiro atoms. The number of benzene rings is 2. The number of rotatable bonds is 9. The zero-order valence-electron chi connectivity index (χ0n) is 22.4. The van der Waals surface area contributed by atoms with E-state index in [9.17, 15) is 22.8 Å². The number of halogens is 4. The van der Waals surface area contributed by atoms with Gasteiger partial charge in [0.25, 0.3) is 0 Å². The maximum atomic E-state index is 13.3. The Hall–Kier alpha value is -3.66. The molecule has 0 aliphatic rings.